The van der Waals surface area contributed by atoms with Crippen molar-refractivity contribution in [2.75, 3.05) is 26.2 Å². The van der Waals surface area contributed by atoms with Crippen LogP contribution in [0.15, 0.2) is 0 Å². The Morgan fingerprint density at radius 3 is 2.44 bits per heavy atom. The van der Waals surface area contributed by atoms with Gasteiger partial charge in [-0.05, 0) is 100 Å². The third-order valence-electron chi connectivity index (χ3n) is 10.3. The second-order valence-electron chi connectivity index (χ2n) is 12.5. The van der Waals surface area contributed by atoms with Crippen molar-refractivity contribution in [3.05, 3.63) is 0 Å². The van der Waals surface area contributed by atoms with Crippen LogP contribution in [0.3, 0.4) is 0 Å². The molecule has 2 amide bonds. The minimum atomic E-state index is -0.524. The maximum absolute atomic E-state index is 13.6. The van der Waals surface area contributed by atoms with E-state index in [-0.39, 0.29) is 40.8 Å². The molecule has 34 heavy (non-hydrogen) atoms. The highest BCUT2D eigenvalue weighted by Gasteiger charge is 2.63. The van der Waals surface area contributed by atoms with E-state index in [0.29, 0.717) is 24.4 Å². The Morgan fingerprint density at radius 1 is 1.09 bits per heavy atom. The predicted molar refractivity (Wildman–Crippen MR) is 125 cm³/mol. The molecule has 186 valence electrons. The maximum Gasteiger partial charge on any atom is 0.241 e. The standard InChI is InChI=1S/C26H39N5O3/c27-14-20-8-19-9-21(19)31(20)24(33)22(28)25-10-16-7-17(11-25)13-26(12-16,15-25)34-6-5-30-3-1-18(2-4-30)23(29)32/h16-22H,1-13,15,28H2,(H2,29,32)/t16?,17?,19-,20+,21+,22-,25?,26?/m1/s1. The molecule has 7 fully saturated rings. The van der Waals surface area contributed by atoms with E-state index < -0.39 is 6.04 Å². The first-order valence-corrected chi connectivity index (χ1v) is 13.4. The Kier molecular flexibility index (Phi) is 5.47. The van der Waals surface area contributed by atoms with Crippen molar-refractivity contribution >= 4 is 11.8 Å². The van der Waals surface area contributed by atoms with Gasteiger partial charge in [0.1, 0.15) is 6.04 Å². The Hall–Kier alpha value is -1.69. The van der Waals surface area contributed by atoms with Gasteiger partial charge in [-0.25, -0.2) is 0 Å². The fourth-order valence-corrected chi connectivity index (χ4v) is 8.92. The van der Waals surface area contributed by atoms with Gasteiger partial charge in [-0.3, -0.25) is 9.59 Å². The normalized spacial score (nSPS) is 44.0. The van der Waals surface area contributed by atoms with Crippen LogP contribution in [0.1, 0.15) is 64.2 Å². The highest BCUT2D eigenvalue weighted by atomic mass is 16.5. The zero-order valence-corrected chi connectivity index (χ0v) is 20.2. The molecule has 5 aliphatic carbocycles. The number of fused-ring (bicyclic) bond motifs is 1. The van der Waals surface area contributed by atoms with Gasteiger partial charge < -0.3 is 26.0 Å². The largest absolute Gasteiger partial charge is 0.374 e. The lowest BCUT2D eigenvalue weighted by atomic mass is 9.46. The van der Waals surface area contributed by atoms with Crippen LogP contribution in [0, 0.1) is 40.4 Å². The summed E-state index contributed by atoms with van der Waals surface area (Å²) in [6, 6.07) is 1.79. The molecule has 8 nitrogen and oxygen atoms in total. The zero-order valence-electron chi connectivity index (χ0n) is 20.2. The number of hydrogen-bond donors (Lipinski definition) is 2. The van der Waals surface area contributed by atoms with Crippen molar-refractivity contribution in [3.63, 3.8) is 0 Å². The molecule has 2 unspecified atom stereocenters. The average molecular weight is 470 g/mol. The van der Waals surface area contributed by atoms with E-state index in [2.05, 4.69) is 11.0 Å². The number of piperidine rings is 2. The fraction of sp³-hybridized carbons (Fsp3) is 0.885. The molecular weight excluding hydrogens is 430 g/mol. The van der Waals surface area contributed by atoms with Gasteiger partial charge >= 0.3 is 0 Å². The van der Waals surface area contributed by atoms with Gasteiger partial charge in [0.25, 0.3) is 0 Å². The quantitative estimate of drug-likeness (QED) is 0.580. The summed E-state index contributed by atoms with van der Waals surface area (Å²) < 4.78 is 6.71. The van der Waals surface area contributed by atoms with Crippen molar-refractivity contribution in [3.8, 4) is 6.07 Å². The van der Waals surface area contributed by atoms with Crippen molar-refractivity contribution in [1.82, 2.24) is 9.80 Å². The first-order chi connectivity index (χ1) is 16.3. The molecule has 2 aliphatic heterocycles. The summed E-state index contributed by atoms with van der Waals surface area (Å²) in [6.45, 7) is 3.36. The van der Waals surface area contributed by atoms with E-state index in [1.165, 1.54) is 6.42 Å². The summed E-state index contributed by atoms with van der Waals surface area (Å²) in [4.78, 5) is 29.3. The number of primary amides is 1. The Labute approximate surface area is 202 Å². The third-order valence-corrected chi connectivity index (χ3v) is 10.3. The molecule has 7 rings (SSSR count). The topological polar surface area (TPSA) is 126 Å². The van der Waals surface area contributed by atoms with E-state index in [1.807, 2.05) is 4.90 Å². The zero-order chi connectivity index (χ0) is 23.7. The van der Waals surface area contributed by atoms with Crippen LogP contribution in [0.4, 0.5) is 0 Å². The number of amides is 2. The van der Waals surface area contributed by atoms with Gasteiger partial charge in [-0.2, -0.15) is 5.26 Å². The maximum atomic E-state index is 13.6. The van der Waals surface area contributed by atoms with Gasteiger partial charge in [-0.1, -0.05) is 0 Å². The van der Waals surface area contributed by atoms with Crippen molar-refractivity contribution in [2.24, 2.45) is 40.6 Å². The van der Waals surface area contributed by atoms with Crippen molar-refractivity contribution < 1.29 is 14.3 Å². The lowest BCUT2D eigenvalue weighted by Gasteiger charge is -2.63. The number of nitrogens with zero attached hydrogens (tertiary/aromatic N) is 3. The molecule has 2 heterocycles. The van der Waals surface area contributed by atoms with E-state index in [9.17, 15) is 14.9 Å². The molecule has 0 spiro atoms. The Bertz CT molecular complexity index is 879. The second-order valence-corrected chi connectivity index (χ2v) is 12.5. The Balaban J connectivity index is 1.11. The summed E-state index contributed by atoms with van der Waals surface area (Å²) in [5.41, 5.74) is 12.0. The molecular formula is C26H39N5O3. The van der Waals surface area contributed by atoms with E-state index >= 15 is 0 Å². The molecule has 4 bridgehead atoms. The molecule has 2 saturated heterocycles. The first-order valence-electron chi connectivity index (χ1n) is 13.4. The summed E-state index contributed by atoms with van der Waals surface area (Å²) in [7, 11) is 0. The van der Waals surface area contributed by atoms with Crippen LogP contribution in [0.25, 0.3) is 0 Å². The van der Waals surface area contributed by atoms with E-state index in [1.54, 1.807) is 0 Å². The van der Waals surface area contributed by atoms with E-state index in [0.717, 1.165) is 77.4 Å². The second kappa shape index (κ2) is 8.18. The predicted octanol–water partition coefficient (Wildman–Crippen LogP) is 1.38. The molecule has 7 aliphatic rings. The lowest BCUT2D eigenvalue weighted by molar-refractivity contribution is -0.201. The number of hydrogen-bond acceptors (Lipinski definition) is 6. The third kappa shape index (κ3) is 3.75. The summed E-state index contributed by atoms with van der Waals surface area (Å²) in [5.74, 6) is 1.55. The summed E-state index contributed by atoms with van der Waals surface area (Å²) in [6.07, 6.45) is 9.89. The van der Waals surface area contributed by atoms with Gasteiger partial charge in [0.15, 0.2) is 0 Å². The molecule has 6 atom stereocenters. The van der Waals surface area contributed by atoms with Crippen LogP contribution >= 0.6 is 0 Å². The van der Waals surface area contributed by atoms with E-state index in [4.69, 9.17) is 16.2 Å². The number of carbonyl (C=O) groups excluding carboxylic acids is 2. The highest BCUT2D eigenvalue weighted by molar-refractivity contribution is 5.84. The molecule has 0 aromatic rings. The Morgan fingerprint density at radius 2 is 1.79 bits per heavy atom. The van der Waals surface area contributed by atoms with Crippen LogP contribution in [-0.2, 0) is 14.3 Å². The highest BCUT2D eigenvalue weighted by Crippen LogP contribution is 2.64. The molecule has 0 radical (unpaired) electrons. The van der Waals surface area contributed by atoms with Crippen molar-refractivity contribution in [2.45, 2.75) is 87.9 Å². The van der Waals surface area contributed by atoms with Crippen LogP contribution in [-0.4, -0.2) is 71.6 Å². The lowest BCUT2D eigenvalue weighted by Crippen LogP contribution is -2.65. The average Bonchev–Trinajstić information content (AvgIpc) is 3.47. The number of rotatable bonds is 7. The first kappa shape index (κ1) is 22.8. The number of ether oxygens (including phenoxy) is 1. The van der Waals surface area contributed by atoms with Gasteiger partial charge in [0.05, 0.1) is 24.3 Å². The number of carbonyl (C=O) groups is 2. The summed E-state index contributed by atoms with van der Waals surface area (Å²) >= 11 is 0. The summed E-state index contributed by atoms with van der Waals surface area (Å²) in [5, 5.41) is 9.60. The van der Waals surface area contributed by atoms with Gasteiger partial charge in [-0.15, -0.1) is 0 Å². The number of nitrogens with two attached hydrogens (primary N) is 2. The van der Waals surface area contributed by atoms with Gasteiger partial charge in [0.2, 0.25) is 11.8 Å². The number of likely N-dealkylation sites (tertiary alicyclic amines) is 2. The SMILES string of the molecule is N#C[C@@H]1C[C@@H]2C[C@@H]2N1C(=O)[C@@H](N)C12CC3CC(CC(OCCN4CCC(C(N)=O)CC4)(C3)C1)C2. The molecule has 8 heteroatoms. The molecule has 0 aromatic heterocycles. The number of nitriles is 1. The fourth-order valence-electron chi connectivity index (χ4n) is 8.92. The minimum absolute atomic E-state index is 0.0151. The van der Waals surface area contributed by atoms with Crippen LogP contribution < -0.4 is 11.5 Å². The molecule has 4 N–H and O–H groups in total. The van der Waals surface area contributed by atoms with Crippen LogP contribution in [0.5, 0.6) is 0 Å². The molecule has 5 saturated carbocycles. The monoisotopic (exact) mass is 469 g/mol. The van der Waals surface area contributed by atoms with Crippen LogP contribution in [0.2, 0.25) is 0 Å². The minimum Gasteiger partial charge on any atom is -0.374 e. The van der Waals surface area contributed by atoms with Gasteiger partial charge in [0, 0.05) is 18.5 Å². The molecule has 0 aromatic carbocycles. The van der Waals surface area contributed by atoms with Crippen molar-refractivity contribution in [1.29, 1.82) is 5.26 Å². The smallest absolute Gasteiger partial charge is 0.241 e.